The van der Waals surface area contributed by atoms with Gasteiger partial charge in [-0.1, -0.05) is 61.7 Å². The summed E-state index contributed by atoms with van der Waals surface area (Å²) in [5.74, 6) is -0.426. The van der Waals surface area contributed by atoms with E-state index in [-0.39, 0.29) is 65.5 Å². The van der Waals surface area contributed by atoms with Crippen LogP contribution in [0.3, 0.4) is 0 Å². The third-order valence-corrected chi connectivity index (χ3v) is 5.81. The van der Waals surface area contributed by atoms with Crippen LogP contribution < -0.4 is 39.0 Å². The first-order valence-electron chi connectivity index (χ1n) is 10.4. The van der Waals surface area contributed by atoms with Crippen molar-refractivity contribution in [3.8, 4) is 5.75 Å². The molecule has 34 heavy (non-hydrogen) atoms. The molecule has 6 nitrogen and oxygen atoms in total. The minimum atomic E-state index is -4.75. The molecule has 170 valence electrons. The monoisotopic (exact) mass is 486 g/mol. The molecule has 2 aromatic rings. The van der Waals surface area contributed by atoms with Gasteiger partial charge in [-0.15, -0.1) is 0 Å². The Hall–Kier alpha value is -2.47. The largest absolute Gasteiger partial charge is 1.00 e. The number of Topliss-reactive ketones (excluding diaryl/α,β-unsaturated/α-hetero) is 2. The van der Waals surface area contributed by atoms with E-state index < -0.39 is 7.82 Å². The molecule has 0 N–H and O–H groups in total. The quantitative estimate of drug-likeness (QED) is 0.160. The maximum atomic E-state index is 12.5. The number of ketones is 2. The number of phosphoric ester groups is 1. The van der Waals surface area contributed by atoms with Crippen molar-refractivity contribution in [2.45, 2.75) is 25.7 Å². The molecule has 0 bridgehead atoms. The van der Waals surface area contributed by atoms with E-state index in [2.05, 4.69) is 13.2 Å². The number of hydrogen-bond donors (Lipinski definition) is 0. The molecular weight excluding hydrogens is 462 g/mol. The Morgan fingerprint density at radius 2 is 1.62 bits per heavy atom. The summed E-state index contributed by atoms with van der Waals surface area (Å²) in [6, 6.07) is 14.4. The summed E-state index contributed by atoms with van der Waals surface area (Å²) in [5.41, 5.74) is 1.85. The van der Waals surface area contributed by atoms with E-state index in [4.69, 9.17) is 9.05 Å². The van der Waals surface area contributed by atoms with Crippen molar-refractivity contribution < 1.29 is 57.7 Å². The smallest absolute Gasteiger partial charge is 0.736 e. The Bertz CT molecular complexity index is 1170. The van der Waals surface area contributed by atoms with E-state index in [9.17, 15) is 19.0 Å². The Morgan fingerprint density at radius 3 is 2.24 bits per heavy atom. The van der Waals surface area contributed by atoms with Gasteiger partial charge < -0.3 is 13.9 Å². The fraction of sp³-hybridized carbons (Fsp3) is 0.154. The molecule has 0 amide bonds. The van der Waals surface area contributed by atoms with Crippen LogP contribution in [0.2, 0.25) is 0 Å². The summed E-state index contributed by atoms with van der Waals surface area (Å²) in [5, 5.41) is 0. The van der Waals surface area contributed by atoms with Crippen molar-refractivity contribution in [1.82, 2.24) is 0 Å². The van der Waals surface area contributed by atoms with Crippen molar-refractivity contribution in [3.63, 3.8) is 0 Å². The van der Waals surface area contributed by atoms with E-state index in [0.717, 1.165) is 12.8 Å². The Morgan fingerprint density at radius 1 is 0.941 bits per heavy atom. The topological polar surface area (TPSA) is 92.7 Å². The third kappa shape index (κ3) is 8.08. The molecule has 0 radical (unpaired) electrons. The Balaban J connectivity index is 0.00000408. The second-order valence-corrected chi connectivity index (χ2v) is 8.72. The van der Waals surface area contributed by atoms with E-state index in [0.29, 0.717) is 22.3 Å². The molecule has 8 heteroatoms. The Kier molecular flexibility index (Phi) is 10.5. The van der Waals surface area contributed by atoms with E-state index >= 15 is 0 Å². The summed E-state index contributed by atoms with van der Waals surface area (Å²) in [7, 11) is -4.75. The molecule has 3 rings (SSSR count). The third-order valence-electron chi connectivity index (χ3n) is 4.89. The van der Waals surface area contributed by atoms with Crippen molar-refractivity contribution >= 4 is 19.4 Å². The van der Waals surface area contributed by atoms with Gasteiger partial charge in [0.25, 0.3) is 0 Å². The van der Waals surface area contributed by atoms with Crippen LogP contribution in [0.25, 0.3) is 0 Å². The number of hydrogen-bond acceptors (Lipinski definition) is 6. The molecule has 2 aromatic carbocycles. The fourth-order valence-corrected chi connectivity index (χ4v) is 3.99. The second-order valence-electron chi connectivity index (χ2n) is 7.46. The van der Waals surface area contributed by atoms with E-state index in [1.807, 2.05) is 12.2 Å². The standard InChI is InChI=1S/C26H25O6P.Na/c1-19(25(27)21-9-5-3-6-10-21)13-14-20(2)31-33(29,30)32-24-17-15-23(16-18-24)26(28)22-11-7-4-8-12-22;/h3,5-7,9-12,15-18H,1-2,4,8,13-14H2,(H,29,30);/q;+1/p-1. The van der Waals surface area contributed by atoms with Crippen LogP contribution in [0.15, 0.2) is 103 Å². The summed E-state index contributed by atoms with van der Waals surface area (Å²) < 4.78 is 22.1. The number of phosphoric acid groups is 1. The zero-order valence-corrected chi connectivity index (χ0v) is 22.0. The first kappa shape index (κ1) is 27.8. The van der Waals surface area contributed by atoms with Gasteiger partial charge in [0.1, 0.15) is 5.75 Å². The van der Waals surface area contributed by atoms with Crippen LogP contribution in [0.4, 0.5) is 0 Å². The van der Waals surface area contributed by atoms with Crippen molar-refractivity contribution in [2.75, 3.05) is 0 Å². The predicted molar refractivity (Wildman–Crippen MR) is 125 cm³/mol. The number of carbonyl (C=O) groups is 2. The van der Waals surface area contributed by atoms with E-state index in [1.165, 1.54) is 24.3 Å². The number of benzene rings is 2. The normalized spacial score (nSPS) is 14.1. The van der Waals surface area contributed by atoms with Gasteiger partial charge in [-0.3, -0.25) is 9.59 Å². The van der Waals surface area contributed by atoms with Crippen molar-refractivity contribution in [2.24, 2.45) is 0 Å². The average molecular weight is 486 g/mol. The molecule has 1 atom stereocenters. The van der Waals surface area contributed by atoms with Gasteiger partial charge in [0.15, 0.2) is 11.6 Å². The molecule has 1 aliphatic carbocycles. The van der Waals surface area contributed by atoms with Gasteiger partial charge in [0.05, 0.1) is 5.76 Å². The fourth-order valence-electron chi connectivity index (χ4n) is 3.16. The van der Waals surface area contributed by atoms with E-state index in [1.54, 1.807) is 36.4 Å². The number of carbonyl (C=O) groups excluding carboxylic acids is 2. The molecule has 1 aliphatic rings. The van der Waals surface area contributed by atoms with Gasteiger partial charge in [-0.2, -0.15) is 0 Å². The van der Waals surface area contributed by atoms with Crippen LogP contribution in [0.1, 0.15) is 46.4 Å². The molecule has 1 unspecified atom stereocenters. The number of allylic oxidation sites excluding steroid dienone is 6. The van der Waals surface area contributed by atoms with Gasteiger partial charge in [-0.05, 0) is 49.1 Å². The van der Waals surface area contributed by atoms with Crippen LogP contribution in [-0.4, -0.2) is 11.6 Å². The molecule has 0 spiro atoms. The van der Waals surface area contributed by atoms with Crippen LogP contribution >= 0.6 is 7.82 Å². The van der Waals surface area contributed by atoms with Crippen molar-refractivity contribution in [3.05, 3.63) is 114 Å². The van der Waals surface area contributed by atoms with Crippen LogP contribution in [-0.2, 0) is 9.09 Å². The molecule has 0 aromatic heterocycles. The van der Waals surface area contributed by atoms with Gasteiger partial charge in [0, 0.05) is 23.1 Å². The molecular formula is C26H24NaO6P. The molecule has 0 saturated heterocycles. The minimum Gasteiger partial charge on any atom is -0.736 e. The molecule has 0 heterocycles. The Labute approximate surface area is 221 Å². The zero-order valence-electron chi connectivity index (χ0n) is 19.1. The molecule has 0 aliphatic heterocycles. The summed E-state index contributed by atoms with van der Waals surface area (Å²) in [6.07, 6.45) is 7.59. The zero-order chi connectivity index (χ0) is 23.8. The first-order chi connectivity index (χ1) is 15.7. The van der Waals surface area contributed by atoms with Gasteiger partial charge in [0.2, 0.25) is 0 Å². The second kappa shape index (κ2) is 12.8. The summed E-state index contributed by atoms with van der Waals surface area (Å²) in [4.78, 5) is 37.0. The summed E-state index contributed by atoms with van der Waals surface area (Å²) in [6.45, 7) is 7.35. The average Bonchev–Trinajstić information content (AvgIpc) is 2.82. The molecule has 0 fully saturated rings. The first-order valence-corrected chi connectivity index (χ1v) is 11.9. The predicted octanol–water partition coefficient (Wildman–Crippen LogP) is 2.75. The SMILES string of the molecule is C=C(CCC(=C)C(=O)c1ccccc1)OP(=O)([O-])Oc1ccc(C(=O)C2=CCCC=C2)cc1.[Na+]. The molecule has 0 saturated carbocycles. The number of rotatable bonds is 11. The van der Waals surface area contributed by atoms with Crippen LogP contribution in [0, 0.1) is 0 Å². The minimum absolute atomic E-state index is 0. The van der Waals surface area contributed by atoms with Crippen molar-refractivity contribution in [1.29, 1.82) is 0 Å². The maximum Gasteiger partial charge on any atom is 1.00 e. The summed E-state index contributed by atoms with van der Waals surface area (Å²) >= 11 is 0. The van der Waals surface area contributed by atoms with Gasteiger partial charge >= 0.3 is 37.4 Å². The van der Waals surface area contributed by atoms with Gasteiger partial charge in [-0.25, -0.2) is 4.57 Å². The maximum absolute atomic E-state index is 12.5. The van der Waals surface area contributed by atoms with Crippen LogP contribution in [0.5, 0.6) is 5.75 Å².